The second-order valence-electron chi connectivity index (χ2n) is 5.53. The normalized spacial score (nSPS) is 22.9. The van der Waals surface area contributed by atoms with Crippen LogP contribution in [-0.4, -0.2) is 34.2 Å². The Morgan fingerprint density at radius 1 is 1.15 bits per heavy atom. The summed E-state index contributed by atoms with van der Waals surface area (Å²) in [5.41, 5.74) is 0.947. The van der Waals surface area contributed by atoms with Crippen LogP contribution in [0.4, 0.5) is 5.69 Å². The quantitative estimate of drug-likeness (QED) is 0.836. The van der Waals surface area contributed by atoms with Crippen LogP contribution in [0.15, 0.2) is 29.2 Å². The van der Waals surface area contributed by atoms with Crippen molar-refractivity contribution in [1.82, 2.24) is 4.72 Å². The van der Waals surface area contributed by atoms with Crippen LogP contribution < -0.4 is 10.0 Å². The molecule has 1 aromatic rings. The first kappa shape index (κ1) is 13.9. The van der Waals surface area contributed by atoms with Gasteiger partial charge in [0, 0.05) is 30.8 Å². The van der Waals surface area contributed by atoms with Crippen LogP contribution in [0.25, 0.3) is 0 Å². The summed E-state index contributed by atoms with van der Waals surface area (Å²) in [7, 11) is -3.34. The molecule has 110 valence electrons. The van der Waals surface area contributed by atoms with Crippen LogP contribution in [0.2, 0.25) is 0 Å². The van der Waals surface area contributed by atoms with E-state index in [2.05, 4.69) is 10.0 Å². The van der Waals surface area contributed by atoms with Crippen molar-refractivity contribution in [1.29, 1.82) is 0 Å². The highest BCUT2D eigenvalue weighted by Gasteiger charge is 2.27. The molecule has 2 aliphatic rings. The van der Waals surface area contributed by atoms with Crippen molar-refractivity contribution in [2.75, 3.05) is 25.1 Å². The third-order valence-electron chi connectivity index (χ3n) is 3.68. The molecule has 2 fully saturated rings. The smallest absolute Gasteiger partial charge is 0.240 e. The van der Waals surface area contributed by atoms with Gasteiger partial charge in [0.25, 0.3) is 0 Å². The van der Waals surface area contributed by atoms with Gasteiger partial charge in [-0.2, -0.15) is 0 Å². The zero-order valence-corrected chi connectivity index (χ0v) is 12.2. The number of benzene rings is 1. The van der Waals surface area contributed by atoms with E-state index in [9.17, 15) is 8.42 Å². The van der Waals surface area contributed by atoms with E-state index in [0.29, 0.717) is 10.8 Å². The van der Waals surface area contributed by atoms with Crippen LogP contribution in [0.1, 0.15) is 19.3 Å². The van der Waals surface area contributed by atoms with Crippen molar-refractivity contribution in [3.8, 4) is 0 Å². The lowest BCUT2D eigenvalue weighted by Crippen LogP contribution is -2.25. The number of sulfonamides is 1. The van der Waals surface area contributed by atoms with Crippen LogP contribution >= 0.6 is 0 Å². The molecule has 6 heteroatoms. The first-order chi connectivity index (χ1) is 9.63. The van der Waals surface area contributed by atoms with Gasteiger partial charge < -0.3 is 10.1 Å². The molecule has 5 nitrogen and oxygen atoms in total. The fraction of sp³-hybridized carbons (Fsp3) is 0.571. The molecule has 1 atom stereocenters. The molecule has 3 rings (SSSR count). The molecule has 1 saturated carbocycles. The molecule has 1 aromatic carbocycles. The van der Waals surface area contributed by atoms with E-state index < -0.39 is 10.0 Å². The molecule has 1 aliphatic heterocycles. The van der Waals surface area contributed by atoms with Gasteiger partial charge in [0.1, 0.15) is 0 Å². The van der Waals surface area contributed by atoms with Gasteiger partial charge in [-0.3, -0.25) is 0 Å². The highest BCUT2D eigenvalue weighted by molar-refractivity contribution is 7.89. The maximum absolute atomic E-state index is 12.0. The van der Waals surface area contributed by atoms with E-state index in [1.165, 1.54) is 0 Å². The minimum absolute atomic E-state index is 0.139. The van der Waals surface area contributed by atoms with Gasteiger partial charge in [-0.15, -0.1) is 0 Å². The lowest BCUT2D eigenvalue weighted by Gasteiger charge is -2.11. The number of nitrogens with one attached hydrogen (secondary N) is 2. The first-order valence-corrected chi connectivity index (χ1v) is 8.56. The molecule has 0 aromatic heterocycles. The first-order valence-electron chi connectivity index (χ1n) is 7.07. The summed E-state index contributed by atoms with van der Waals surface area (Å²) < 4.78 is 32.0. The predicted octanol–water partition coefficient (Wildman–Crippen LogP) is 1.58. The Morgan fingerprint density at radius 2 is 1.90 bits per heavy atom. The second-order valence-corrected chi connectivity index (χ2v) is 7.24. The van der Waals surface area contributed by atoms with Crippen LogP contribution in [0, 0.1) is 5.92 Å². The number of ether oxygens (including phenoxy) is 1. The SMILES string of the molecule is O=S(=O)(NC1CC1)c1ccc(NCC2CCOC2)cc1. The van der Waals surface area contributed by atoms with E-state index >= 15 is 0 Å². The third kappa shape index (κ3) is 3.50. The van der Waals surface area contributed by atoms with Crippen LogP contribution in [0.3, 0.4) is 0 Å². The zero-order chi connectivity index (χ0) is 14.0. The molecule has 1 unspecified atom stereocenters. The average Bonchev–Trinajstić information content (AvgIpc) is 3.08. The van der Waals surface area contributed by atoms with E-state index in [4.69, 9.17) is 4.74 Å². The highest BCUT2D eigenvalue weighted by atomic mass is 32.2. The fourth-order valence-corrected chi connectivity index (χ4v) is 3.55. The summed E-state index contributed by atoms with van der Waals surface area (Å²) in [6.45, 7) is 2.52. The highest BCUT2D eigenvalue weighted by Crippen LogP contribution is 2.23. The Kier molecular flexibility index (Phi) is 3.96. The molecule has 1 heterocycles. The monoisotopic (exact) mass is 296 g/mol. The van der Waals surface area contributed by atoms with Crippen LogP contribution in [-0.2, 0) is 14.8 Å². The Bertz CT molecular complexity index is 546. The number of anilines is 1. The molecule has 20 heavy (non-hydrogen) atoms. The number of hydrogen-bond acceptors (Lipinski definition) is 4. The molecule has 0 bridgehead atoms. The molecular formula is C14H20N2O3S. The van der Waals surface area contributed by atoms with Gasteiger partial charge >= 0.3 is 0 Å². The van der Waals surface area contributed by atoms with Crippen LogP contribution in [0.5, 0.6) is 0 Å². The van der Waals surface area contributed by atoms with E-state index in [1.807, 2.05) is 12.1 Å². The van der Waals surface area contributed by atoms with Crippen molar-refractivity contribution in [3.05, 3.63) is 24.3 Å². The summed E-state index contributed by atoms with van der Waals surface area (Å²) in [4.78, 5) is 0.333. The second kappa shape index (κ2) is 5.71. The van der Waals surface area contributed by atoms with E-state index in [-0.39, 0.29) is 6.04 Å². The maximum atomic E-state index is 12.0. The summed E-state index contributed by atoms with van der Waals surface area (Å²) in [6, 6.07) is 7.07. The molecule has 2 N–H and O–H groups in total. The van der Waals surface area contributed by atoms with Gasteiger partial charge in [0.05, 0.1) is 11.5 Å². The minimum Gasteiger partial charge on any atom is -0.385 e. The molecule has 0 spiro atoms. The van der Waals surface area contributed by atoms with Crippen molar-refractivity contribution < 1.29 is 13.2 Å². The molecular weight excluding hydrogens is 276 g/mol. The van der Waals surface area contributed by atoms with Crippen molar-refractivity contribution in [3.63, 3.8) is 0 Å². The Balaban J connectivity index is 1.58. The fourth-order valence-electron chi connectivity index (χ4n) is 2.25. The summed E-state index contributed by atoms with van der Waals surface area (Å²) >= 11 is 0. The number of rotatable bonds is 6. The Morgan fingerprint density at radius 3 is 2.50 bits per heavy atom. The van der Waals surface area contributed by atoms with Crippen molar-refractivity contribution in [2.45, 2.75) is 30.2 Å². The average molecular weight is 296 g/mol. The van der Waals surface area contributed by atoms with Crippen molar-refractivity contribution >= 4 is 15.7 Å². The zero-order valence-electron chi connectivity index (χ0n) is 11.3. The van der Waals surface area contributed by atoms with Gasteiger partial charge in [-0.25, -0.2) is 13.1 Å². The standard InChI is InChI=1S/C14H20N2O3S/c17-20(18,16-13-1-2-13)14-5-3-12(4-6-14)15-9-11-7-8-19-10-11/h3-6,11,13,15-16H,1-2,7-10H2. The molecule has 1 aliphatic carbocycles. The van der Waals surface area contributed by atoms with Gasteiger partial charge in [0.2, 0.25) is 10.0 Å². The topological polar surface area (TPSA) is 67.4 Å². The lowest BCUT2D eigenvalue weighted by molar-refractivity contribution is 0.187. The Hall–Kier alpha value is -1.11. The van der Waals surface area contributed by atoms with E-state index in [1.54, 1.807) is 12.1 Å². The molecule has 0 amide bonds. The van der Waals surface area contributed by atoms with Gasteiger partial charge in [-0.05, 0) is 43.5 Å². The van der Waals surface area contributed by atoms with Gasteiger partial charge in [-0.1, -0.05) is 0 Å². The van der Waals surface area contributed by atoms with E-state index in [0.717, 1.165) is 44.7 Å². The van der Waals surface area contributed by atoms with Gasteiger partial charge in [0.15, 0.2) is 0 Å². The summed E-state index contributed by atoms with van der Waals surface area (Å²) in [5.74, 6) is 0.551. The number of hydrogen-bond donors (Lipinski definition) is 2. The molecule has 0 radical (unpaired) electrons. The molecule has 1 saturated heterocycles. The largest absolute Gasteiger partial charge is 0.385 e. The predicted molar refractivity (Wildman–Crippen MR) is 77.2 cm³/mol. The lowest BCUT2D eigenvalue weighted by atomic mass is 10.1. The summed E-state index contributed by atoms with van der Waals surface area (Å²) in [6.07, 6.45) is 2.98. The third-order valence-corrected chi connectivity index (χ3v) is 5.22. The Labute approximate surface area is 119 Å². The minimum atomic E-state index is -3.34. The maximum Gasteiger partial charge on any atom is 0.240 e. The summed E-state index contributed by atoms with van der Waals surface area (Å²) in [5, 5.41) is 3.32. The van der Waals surface area contributed by atoms with Crippen molar-refractivity contribution in [2.24, 2.45) is 5.92 Å².